The monoisotopic (exact) mass is 197 g/mol. The molecule has 1 aliphatic rings. The first-order chi connectivity index (χ1) is 6.65. The third-order valence-corrected chi connectivity index (χ3v) is 3.32. The summed E-state index contributed by atoms with van der Waals surface area (Å²) in [6, 6.07) is 0.270. The van der Waals surface area contributed by atoms with Crippen molar-refractivity contribution in [3.8, 4) is 0 Å². The Balaban J connectivity index is 2.42. The zero-order valence-corrected chi connectivity index (χ0v) is 9.46. The molecule has 0 aromatic carbocycles. The maximum atomic E-state index is 12.0. The van der Waals surface area contributed by atoms with Crippen molar-refractivity contribution in [3.05, 3.63) is 0 Å². The van der Waals surface area contributed by atoms with Crippen LogP contribution in [0.1, 0.15) is 52.4 Å². The molecule has 0 amide bonds. The average Bonchev–Trinajstić information content (AvgIpc) is 2.17. The molecule has 1 aliphatic carbocycles. The molecule has 2 N–H and O–H groups in total. The van der Waals surface area contributed by atoms with Crippen LogP contribution >= 0.6 is 0 Å². The fourth-order valence-corrected chi connectivity index (χ4v) is 2.46. The topological polar surface area (TPSA) is 43.1 Å². The lowest BCUT2D eigenvalue weighted by atomic mass is 9.79. The standard InChI is InChI=1S/C12H23NO/c1-3-5-9(2)12(14)10-6-4-7-11(13)8-10/h9-11H,3-8,13H2,1-2H3. The first kappa shape index (κ1) is 11.7. The molecule has 1 saturated carbocycles. The summed E-state index contributed by atoms with van der Waals surface area (Å²) in [5.74, 6) is 0.970. The normalized spacial score (nSPS) is 29.9. The van der Waals surface area contributed by atoms with Crippen molar-refractivity contribution >= 4 is 5.78 Å². The van der Waals surface area contributed by atoms with Crippen LogP contribution in [0.15, 0.2) is 0 Å². The van der Waals surface area contributed by atoms with Crippen LogP contribution in [0.5, 0.6) is 0 Å². The molecule has 0 saturated heterocycles. The molecule has 0 aromatic heterocycles. The Morgan fingerprint density at radius 3 is 2.79 bits per heavy atom. The van der Waals surface area contributed by atoms with Crippen molar-refractivity contribution in [1.29, 1.82) is 0 Å². The highest BCUT2D eigenvalue weighted by atomic mass is 16.1. The van der Waals surface area contributed by atoms with Gasteiger partial charge < -0.3 is 5.73 Å². The van der Waals surface area contributed by atoms with Crippen LogP contribution in [0.2, 0.25) is 0 Å². The minimum absolute atomic E-state index is 0.246. The minimum atomic E-state index is 0.246. The van der Waals surface area contributed by atoms with Crippen molar-refractivity contribution in [3.63, 3.8) is 0 Å². The van der Waals surface area contributed by atoms with Crippen LogP contribution < -0.4 is 5.73 Å². The zero-order valence-electron chi connectivity index (χ0n) is 9.46. The molecule has 0 heterocycles. The Bertz CT molecular complexity index is 191. The molecule has 0 radical (unpaired) electrons. The van der Waals surface area contributed by atoms with Crippen LogP contribution in [0.4, 0.5) is 0 Å². The second-order valence-electron chi connectivity index (χ2n) is 4.72. The van der Waals surface area contributed by atoms with E-state index in [1.165, 1.54) is 0 Å². The van der Waals surface area contributed by atoms with Gasteiger partial charge in [-0.15, -0.1) is 0 Å². The number of nitrogens with two attached hydrogens (primary N) is 1. The van der Waals surface area contributed by atoms with E-state index in [0.29, 0.717) is 5.78 Å². The van der Waals surface area contributed by atoms with Crippen LogP contribution in [0.25, 0.3) is 0 Å². The van der Waals surface area contributed by atoms with Crippen LogP contribution in [-0.4, -0.2) is 11.8 Å². The van der Waals surface area contributed by atoms with Gasteiger partial charge >= 0.3 is 0 Å². The first-order valence-corrected chi connectivity index (χ1v) is 5.94. The van der Waals surface area contributed by atoms with Crippen molar-refractivity contribution in [1.82, 2.24) is 0 Å². The molecule has 0 aliphatic heterocycles. The number of ketones is 1. The number of rotatable bonds is 4. The maximum absolute atomic E-state index is 12.0. The van der Waals surface area contributed by atoms with Gasteiger partial charge in [-0.3, -0.25) is 4.79 Å². The van der Waals surface area contributed by atoms with E-state index in [-0.39, 0.29) is 17.9 Å². The zero-order chi connectivity index (χ0) is 10.6. The Kier molecular flexibility index (Phi) is 4.59. The lowest BCUT2D eigenvalue weighted by Crippen LogP contribution is -2.33. The number of carbonyl (C=O) groups excluding carboxylic acids is 1. The SMILES string of the molecule is CCCC(C)C(=O)C1CCCC(N)C1. The Morgan fingerprint density at radius 1 is 1.50 bits per heavy atom. The Hall–Kier alpha value is -0.370. The van der Waals surface area contributed by atoms with Crippen LogP contribution in [0.3, 0.4) is 0 Å². The molecule has 0 aromatic rings. The van der Waals surface area contributed by atoms with Gasteiger partial charge in [0.15, 0.2) is 0 Å². The molecule has 0 spiro atoms. The molecule has 1 rings (SSSR count). The van der Waals surface area contributed by atoms with E-state index in [2.05, 4.69) is 13.8 Å². The lowest BCUT2D eigenvalue weighted by Gasteiger charge is -2.27. The van der Waals surface area contributed by atoms with Gasteiger partial charge in [-0.1, -0.05) is 26.7 Å². The van der Waals surface area contributed by atoms with Crippen molar-refractivity contribution in [2.75, 3.05) is 0 Å². The fourth-order valence-electron chi connectivity index (χ4n) is 2.46. The summed E-state index contributed by atoms with van der Waals surface area (Å²) >= 11 is 0. The Morgan fingerprint density at radius 2 is 2.21 bits per heavy atom. The predicted molar refractivity (Wildman–Crippen MR) is 59.0 cm³/mol. The fraction of sp³-hybridized carbons (Fsp3) is 0.917. The van der Waals surface area contributed by atoms with E-state index in [0.717, 1.165) is 38.5 Å². The van der Waals surface area contributed by atoms with Gasteiger partial charge in [-0.2, -0.15) is 0 Å². The van der Waals surface area contributed by atoms with Crippen LogP contribution in [-0.2, 0) is 4.79 Å². The van der Waals surface area contributed by atoms with E-state index >= 15 is 0 Å². The van der Waals surface area contributed by atoms with E-state index in [1.54, 1.807) is 0 Å². The van der Waals surface area contributed by atoms with E-state index < -0.39 is 0 Å². The molecular weight excluding hydrogens is 174 g/mol. The lowest BCUT2D eigenvalue weighted by molar-refractivity contribution is -0.127. The molecule has 3 unspecified atom stereocenters. The second kappa shape index (κ2) is 5.50. The first-order valence-electron chi connectivity index (χ1n) is 5.94. The van der Waals surface area contributed by atoms with E-state index in [9.17, 15) is 4.79 Å². The highest BCUT2D eigenvalue weighted by molar-refractivity contribution is 5.83. The van der Waals surface area contributed by atoms with Crippen molar-refractivity contribution in [2.24, 2.45) is 17.6 Å². The van der Waals surface area contributed by atoms with Gasteiger partial charge in [-0.25, -0.2) is 0 Å². The van der Waals surface area contributed by atoms with Crippen LogP contribution in [0, 0.1) is 11.8 Å². The molecule has 0 bridgehead atoms. The van der Waals surface area contributed by atoms with E-state index in [4.69, 9.17) is 5.73 Å². The summed E-state index contributed by atoms with van der Waals surface area (Å²) in [5, 5.41) is 0. The maximum Gasteiger partial charge on any atom is 0.138 e. The number of carbonyl (C=O) groups is 1. The molecule has 2 heteroatoms. The summed E-state index contributed by atoms with van der Waals surface area (Å²) in [6.45, 7) is 4.20. The summed E-state index contributed by atoms with van der Waals surface area (Å²) < 4.78 is 0. The molecule has 2 nitrogen and oxygen atoms in total. The summed E-state index contributed by atoms with van der Waals surface area (Å²) in [4.78, 5) is 12.0. The van der Waals surface area contributed by atoms with E-state index in [1.807, 2.05) is 0 Å². The van der Waals surface area contributed by atoms with Crippen molar-refractivity contribution < 1.29 is 4.79 Å². The summed E-state index contributed by atoms with van der Waals surface area (Å²) in [5.41, 5.74) is 5.88. The summed E-state index contributed by atoms with van der Waals surface area (Å²) in [7, 11) is 0. The largest absolute Gasteiger partial charge is 0.328 e. The number of hydrogen-bond acceptors (Lipinski definition) is 2. The highest BCUT2D eigenvalue weighted by Gasteiger charge is 2.27. The molecule has 3 atom stereocenters. The average molecular weight is 197 g/mol. The van der Waals surface area contributed by atoms with Gasteiger partial charge in [0.1, 0.15) is 5.78 Å². The van der Waals surface area contributed by atoms with Gasteiger partial charge in [0.2, 0.25) is 0 Å². The molecule has 82 valence electrons. The van der Waals surface area contributed by atoms with Gasteiger partial charge in [0.25, 0.3) is 0 Å². The quantitative estimate of drug-likeness (QED) is 0.752. The smallest absolute Gasteiger partial charge is 0.138 e. The molecule has 1 fully saturated rings. The Labute approximate surface area is 87.2 Å². The van der Waals surface area contributed by atoms with Crippen molar-refractivity contribution in [2.45, 2.75) is 58.4 Å². The third-order valence-electron chi connectivity index (χ3n) is 3.32. The van der Waals surface area contributed by atoms with Gasteiger partial charge in [0, 0.05) is 17.9 Å². The molecule has 14 heavy (non-hydrogen) atoms. The molecular formula is C12H23NO. The van der Waals surface area contributed by atoms with Gasteiger partial charge in [0.05, 0.1) is 0 Å². The third kappa shape index (κ3) is 3.09. The number of Topliss-reactive ketones (excluding diaryl/α,β-unsaturated/α-hetero) is 1. The number of hydrogen-bond donors (Lipinski definition) is 1. The summed E-state index contributed by atoms with van der Waals surface area (Å²) in [6.07, 6.45) is 6.37. The predicted octanol–water partition coefficient (Wildman–Crippen LogP) is 2.51. The minimum Gasteiger partial charge on any atom is -0.328 e. The van der Waals surface area contributed by atoms with Gasteiger partial charge in [-0.05, 0) is 25.7 Å². The highest BCUT2D eigenvalue weighted by Crippen LogP contribution is 2.27. The second-order valence-corrected chi connectivity index (χ2v) is 4.72.